The predicted octanol–water partition coefficient (Wildman–Crippen LogP) is 2.20. The zero-order chi connectivity index (χ0) is 4.28. The molecule has 0 aromatic carbocycles. The lowest BCUT2D eigenvalue weighted by molar-refractivity contribution is 0.404. The van der Waals surface area contributed by atoms with Crippen LogP contribution in [0, 0.1) is 5.92 Å². The molecule has 0 spiro atoms. The van der Waals surface area contributed by atoms with Gasteiger partial charge in [0.1, 0.15) is 0 Å². The van der Waals surface area contributed by atoms with E-state index in [4.69, 9.17) is 0 Å². The molecule has 0 heterocycles. The third kappa shape index (κ3) is 22.7. The Labute approximate surface area is 50.3 Å². The molecule has 0 radical (unpaired) electrons. The van der Waals surface area contributed by atoms with E-state index in [-0.39, 0.29) is 31.2 Å². The predicted molar refractivity (Wildman–Crippen MR) is 33.1 cm³/mol. The van der Waals surface area contributed by atoms with E-state index in [9.17, 15) is 4.39 Å². The molecule has 7 heavy (non-hydrogen) atoms. The fourth-order valence-electron chi connectivity index (χ4n) is 0. The summed E-state index contributed by atoms with van der Waals surface area (Å²) in [6.07, 6.45) is 0. The van der Waals surface area contributed by atoms with Crippen LogP contribution < -0.4 is 6.15 Å². The van der Waals surface area contributed by atoms with Crippen LogP contribution in [0.3, 0.4) is 0 Å². The Bertz CT molecular complexity index is 25.7. The lowest BCUT2D eigenvalue weighted by Crippen LogP contribution is -1.84. The van der Waals surface area contributed by atoms with Crippen LogP contribution >= 0.6 is 12.4 Å². The number of rotatable bonds is 1. The molecule has 1 nitrogen and oxygen atoms in total. The summed E-state index contributed by atoms with van der Waals surface area (Å²) in [4.78, 5) is 0. The van der Waals surface area contributed by atoms with E-state index in [2.05, 4.69) is 0 Å². The third-order valence-corrected chi connectivity index (χ3v) is 0.309. The monoisotopic (exact) mass is 129 g/mol. The summed E-state index contributed by atoms with van der Waals surface area (Å²) in [6, 6.07) is 0. The fraction of sp³-hybridized carbons (Fsp3) is 1.00. The molecule has 0 rings (SSSR count). The molecule has 0 bridgehead atoms. The molecule has 0 aliphatic carbocycles. The largest absolute Gasteiger partial charge is 0.344 e. The van der Waals surface area contributed by atoms with E-state index < -0.39 is 0 Å². The average molecular weight is 130 g/mol. The van der Waals surface area contributed by atoms with Crippen LogP contribution in [0.5, 0.6) is 0 Å². The van der Waals surface area contributed by atoms with Gasteiger partial charge in [-0.05, 0) is 5.92 Å². The second-order valence-electron chi connectivity index (χ2n) is 1.55. The molecular formula is C4H13ClFN. The summed E-state index contributed by atoms with van der Waals surface area (Å²) >= 11 is 0. The van der Waals surface area contributed by atoms with Crippen molar-refractivity contribution in [3.05, 3.63) is 0 Å². The van der Waals surface area contributed by atoms with Crippen molar-refractivity contribution < 1.29 is 4.39 Å². The minimum Gasteiger partial charge on any atom is -0.344 e. The zero-order valence-corrected chi connectivity index (χ0v) is 5.59. The summed E-state index contributed by atoms with van der Waals surface area (Å²) in [6.45, 7) is 3.50. The van der Waals surface area contributed by atoms with Crippen molar-refractivity contribution in [2.75, 3.05) is 6.67 Å². The van der Waals surface area contributed by atoms with Crippen molar-refractivity contribution in [2.24, 2.45) is 5.92 Å². The van der Waals surface area contributed by atoms with E-state index in [0.717, 1.165) is 0 Å². The third-order valence-electron chi connectivity index (χ3n) is 0.309. The minimum absolute atomic E-state index is 0. The Morgan fingerprint density at radius 3 is 1.57 bits per heavy atom. The highest BCUT2D eigenvalue weighted by molar-refractivity contribution is 5.85. The van der Waals surface area contributed by atoms with Crippen LogP contribution in [0.2, 0.25) is 0 Å². The van der Waals surface area contributed by atoms with Gasteiger partial charge in [-0.1, -0.05) is 13.8 Å². The van der Waals surface area contributed by atoms with Crippen LogP contribution in [-0.4, -0.2) is 6.67 Å². The van der Waals surface area contributed by atoms with Gasteiger partial charge in [0.15, 0.2) is 0 Å². The van der Waals surface area contributed by atoms with E-state index in [1.807, 2.05) is 13.8 Å². The van der Waals surface area contributed by atoms with Crippen LogP contribution in [0.15, 0.2) is 0 Å². The van der Waals surface area contributed by atoms with E-state index in [1.165, 1.54) is 0 Å². The van der Waals surface area contributed by atoms with Gasteiger partial charge in [0.25, 0.3) is 0 Å². The maximum atomic E-state index is 11.1. The molecule has 0 aromatic rings. The van der Waals surface area contributed by atoms with Gasteiger partial charge in [0.2, 0.25) is 0 Å². The van der Waals surface area contributed by atoms with Gasteiger partial charge >= 0.3 is 0 Å². The quantitative estimate of drug-likeness (QED) is 0.579. The first kappa shape index (κ1) is 15.7. The molecular weight excluding hydrogens is 117 g/mol. The van der Waals surface area contributed by atoms with Gasteiger partial charge in [0.05, 0.1) is 6.67 Å². The maximum absolute atomic E-state index is 11.1. The summed E-state index contributed by atoms with van der Waals surface area (Å²) < 4.78 is 11.1. The highest BCUT2D eigenvalue weighted by Gasteiger charge is 1.83. The first-order valence-corrected chi connectivity index (χ1v) is 1.83. The standard InChI is InChI=1S/C4H9F.ClH.H3N/c1-4(2)3-5;;/h4H,3H2,1-2H3;1H;1H3. The van der Waals surface area contributed by atoms with Crippen molar-refractivity contribution in [1.82, 2.24) is 6.15 Å². The molecule has 0 amide bonds. The molecule has 0 unspecified atom stereocenters. The summed E-state index contributed by atoms with van der Waals surface area (Å²) in [5, 5.41) is 0. The van der Waals surface area contributed by atoms with Crippen molar-refractivity contribution in [1.29, 1.82) is 0 Å². The number of alkyl halides is 1. The van der Waals surface area contributed by atoms with Gasteiger partial charge in [-0.3, -0.25) is 4.39 Å². The molecule has 3 N–H and O–H groups in total. The van der Waals surface area contributed by atoms with E-state index >= 15 is 0 Å². The summed E-state index contributed by atoms with van der Waals surface area (Å²) in [5.74, 6) is 0.218. The average Bonchev–Trinajstić information content (AvgIpc) is 1.38. The molecule has 0 aromatic heterocycles. The van der Waals surface area contributed by atoms with Crippen molar-refractivity contribution in [3.63, 3.8) is 0 Å². The number of hydrogen-bond acceptors (Lipinski definition) is 1. The normalized spacial score (nSPS) is 6.86. The molecule has 0 atom stereocenters. The Balaban J connectivity index is -0.0000000800. The molecule has 3 heteroatoms. The first-order chi connectivity index (χ1) is 2.27. The number of halogens is 2. The molecule has 0 saturated carbocycles. The Morgan fingerprint density at radius 2 is 1.57 bits per heavy atom. The SMILES string of the molecule is CC(C)CF.Cl.N. The van der Waals surface area contributed by atoms with Crippen molar-refractivity contribution >= 4 is 12.4 Å². The van der Waals surface area contributed by atoms with Gasteiger partial charge < -0.3 is 6.15 Å². The van der Waals surface area contributed by atoms with Crippen LogP contribution in [-0.2, 0) is 0 Å². The molecule has 0 saturated heterocycles. The van der Waals surface area contributed by atoms with Crippen LogP contribution in [0.1, 0.15) is 13.8 Å². The fourth-order valence-corrected chi connectivity index (χ4v) is 0. The second kappa shape index (κ2) is 9.49. The van der Waals surface area contributed by atoms with E-state index in [0.29, 0.717) is 0 Å². The maximum Gasteiger partial charge on any atom is 0.0917 e. The van der Waals surface area contributed by atoms with Gasteiger partial charge in [-0.2, -0.15) is 0 Å². The van der Waals surface area contributed by atoms with Gasteiger partial charge in [-0.15, -0.1) is 12.4 Å². The van der Waals surface area contributed by atoms with Crippen molar-refractivity contribution in [2.45, 2.75) is 13.8 Å². The highest BCUT2D eigenvalue weighted by Crippen LogP contribution is 1.88. The summed E-state index contributed by atoms with van der Waals surface area (Å²) in [7, 11) is 0. The summed E-state index contributed by atoms with van der Waals surface area (Å²) in [5.41, 5.74) is 0. The Kier molecular flexibility index (Phi) is 21.3. The molecule has 0 fully saturated rings. The highest BCUT2D eigenvalue weighted by atomic mass is 35.5. The Morgan fingerprint density at radius 1 is 1.43 bits per heavy atom. The van der Waals surface area contributed by atoms with Gasteiger partial charge in [0, 0.05) is 0 Å². The minimum atomic E-state index is -0.194. The van der Waals surface area contributed by atoms with Crippen molar-refractivity contribution in [3.8, 4) is 0 Å². The van der Waals surface area contributed by atoms with Crippen LogP contribution in [0.4, 0.5) is 4.39 Å². The second-order valence-corrected chi connectivity index (χ2v) is 1.55. The van der Waals surface area contributed by atoms with Gasteiger partial charge in [-0.25, -0.2) is 0 Å². The van der Waals surface area contributed by atoms with E-state index in [1.54, 1.807) is 0 Å². The molecule has 48 valence electrons. The zero-order valence-electron chi connectivity index (χ0n) is 4.78. The lowest BCUT2D eigenvalue weighted by Gasteiger charge is -1.87. The molecule has 0 aliphatic rings. The smallest absolute Gasteiger partial charge is 0.0917 e. The topological polar surface area (TPSA) is 35.0 Å². The lowest BCUT2D eigenvalue weighted by atomic mass is 10.3. The molecule has 0 aliphatic heterocycles. The van der Waals surface area contributed by atoms with Crippen LogP contribution in [0.25, 0.3) is 0 Å². The Hall–Kier alpha value is 0.180. The first-order valence-electron chi connectivity index (χ1n) is 1.83. The number of hydrogen-bond donors (Lipinski definition) is 1.